The van der Waals surface area contributed by atoms with Crippen LogP contribution in [0.4, 0.5) is 0 Å². The number of carbonyl (C=O) groups excluding carboxylic acids is 3. The molecule has 8 heteroatoms. The second-order valence-electron chi connectivity index (χ2n) is 5.85. The average molecular weight is 371 g/mol. The van der Waals surface area contributed by atoms with Crippen LogP contribution in [0.2, 0.25) is 0 Å². The Morgan fingerprint density at radius 3 is 2.30 bits per heavy atom. The van der Waals surface area contributed by atoms with E-state index in [1.54, 1.807) is 6.07 Å². The number of rotatable bonds is 6. The first kappa shape index (κ1) is 19.8. The van der Waals surface area contributed by atoms with Gasteiger partial charge in [-0.3, -0.25) is 25.2 Å². The molecule has 0 fully saturated rings. The third-order valence-electron chi connectivity index (χ3n) is 3.71. The Morgan fingerprint density at radius 2 is 1.67 bits per heavy atom. The molecule has 0 aromatic heterocycles. The summed E-state index contributed by atoms with van der Waals surface area (Å²) < 4.78 is 10.3. The third-order valence-corrected chi connectivity index (χ3v) is 3.71. The molecule has 0 aliphatic heterocycles. The molecule has 2 aromatic rings. The maximum atomic E-state index is 12.3. The highest BCUT2D eigenvalue weighted by Gasteiger charge is 2.14. The predicted molar refractivity (Wildman–Crippen MR) is 98.5 cm³/mol. The summed E-state index contributed by atoms with van der Waals surface area (Å²) in [5.74, 6) is -1.06. The molecule has 27 heavy (non-hydrogen) atoms. The zero-order valence-corrected chi connectivity index (χ0v) is 15.3. The van der Waals surface area contributed by atoms with Crippen LogP contribution in [0.3, 0.4) is 0 Å². The third kappa shape index (κ3) is 5.21. The van der Waals surface area contributed by atoms with Crippen molar-refractivity contribution >= 4 is 17.7 Å². The number of aryl methyl sites for hydroxylation is 2. The number of carbonyl (C=O) groups is 3. The number of benzene rings is 2. The van der Waals surface area contributed by atoms with Crippen LogP contribution >= 0.6 is 0 Å². The Balaban J connectivity index is 2.04. The van der Waals surface area contributed by atoms with Crippen molar-refractivity contribution < 1.29 is 23.9 Å². The smallest absolute Gasteiger partial charge is 0.269 e. The number of hydrazine groups is 1. The zero-order chi connectivity index (χ0) is 20.0. The molecule has 2 aromatic carbocycles. The highest BCUT2D eigenvalue weighted by Crippen LogP contribution is 2.27. The van der Waals surface area contributed by atoms with Crippen molar-refractivity contribution in [2.75, 3.05) is 13.7 Å². The molecule has 2 rings (SSSR count). The van der Waals surface area contributed by atoms with E-state index < -0.39 is 17.7 Å². The lowest BCUT2D eigenvalue weighted by molar-refractivity contribution is -0.119. The van der Waals surface area contributed by atoms with E-state index in [0.717, 1.165) is 11.1 Å². The lowest BCUT2D eigenvalue weighted by Gasteiger charge is -2.12. The van der Waals surface area contributed by atoms with Gasteiger partial charge in [0.05, 0.1) is 7.11 Å². The van der Waals surface area contributed by atoms with Crippen LogP contribution in [0.25, 0.3) is 0 Å². The van der Waals surface area contributed by atoms with Gasteiger partial charge < -0.3 is 15.2 Å². The maximum Gasteiger partial charge on any atom is 0.269 e. The van der Waals surface area contributed by atoms with E-state index in [4.69, 9.17) is 15.2 Å². The first-order chi connectivity index (χ1) is 12.8. The van der Waals surface area contributed by atoms with E-state index in [-0.39, 0.29) is 23.7 Å². The van der Waals surface area contributed by atoms with Crippen molar-refractivity contribution in [3.8, 4) is 11.5 Å². The Labute approximate surface area is 156 Å². The predicted octanol–water partition coefficient (Wildman–Crippen LogP) is 1.25. The van der Waals surface area contributed by atoms with E-state index in [2.05, 4.69) is 10.9 Å². The molecule has 0 saturated heterocycles. The van der Waals surface area contributed by atoms with E-state index in [1.807, 2.05) is 26.0 Å². The molecular weight excluding hydrogens is 350 g/mol. The van der Waals surface area contributed by atoms with Crippen LogP contribution in [0.15, 0.2) is 36.4 Å². The van der Waals surface area contributed by atoms with Gasteiger partial charge in [-0.05, 0) is 43.7 Å². The van der Waals surface area contributed by atoms with Gasteiger partial charge in [-0.15, -0.1) is 0 Å². The number of hydrogen-bond acceptors (Lipinski definition) is 5. The van der Waals surface area contributed by atoms with Crippen LogP contribution in [-0.2, 0) is 4.79 Å². The number of amides is 3. The van der Waals surface area contributed by atoms with Crippen LogP contribution in [0.5, 0.6) is 11.5 Å². The fourth-order valence-electron chi connectivity index (χ4n) is 2.40. The van der Waals surface area contributed by atoms with Crippen molar-refractivity contribution in [2.45, 2.75) is 13.8 Å². The topological polar surface area (TPSA) is 120 Å². The number of hydrogen-bond donors (Lipinski definition) is 3. The molecule has 4 N–H and O–H groups in total. The summed E-state index contributed by atoms with van der Waals surface area (Å²) in [6.45, 7) is 3.44. The summed E-state index contributed by atoms with van der Waals surface area (Å²) >= 11 is 0. The minimum absolute atomic E-state index is 0.235. The normalized spacial score (nSPS) is 10.0. The standard InChI is InChI=1S/C19H21N3O5/c1-11-4-6-14(12(2)8-11)19(25)22-21-18(24)13-5-7-15(16(9-13)26-3)27-10-17(20)23/h4-9H,10H2,1-3H3,(H2,20,23)(H,21,24)(H,22,25). The lowest BCUT2D eigenvalue weighted by Crippen LogP contribution is -2.41. The van der Waals surface area contributed by atoms with Gasteiger partial charge in [0.2, 0.25) is 0 Å². The maximum absolute atomic E-state index is 12.3. The van der Waals surface area contributed by atoms with Crippen molar-refractivity contribution in [3.63, 3.8) is 0 Å². The van der Waals surface area contributed by atoms with Gasteiger partial charge >= 0.3 is 0 Å². The second-order valence-corrected chi connectivity index (χ2v) is 5.85. The number of primary amides is 1. The van der Waals surface area contributed by atoms with Gasteiger partial charge in [0.25, 0.3) is 17.7 Å². The highest BCUT2D eigenvalue weighted by atomic mass is 16.5. The van der Waals surface area contributed by atoms with Crippen molar-refractivity contribution in [2.24, 2.45) is 5.73 Å². The SMILES string of the molecule is COc1cc(C(=O)NNC(=O)c2ccc(C)cc2C)ccc1OCC(N)=O. The molecule has 0 unspecified atom stereocenters. The summed E-state index contributed by atoms with van der Waals surface area (Å²) in [7, 11) is 1.40. The molecule has 0 aliphatic carbocycles. The monoisotopic (exact) mass is 371 g/mol. The minimum atomic E-state index is -0.631. The van der Waals surface area contributed by atoms with E-state index in [0.29, 0.717) is 5.56 Å². The van der Waals surface area contributed by atoms with Gasteiger partial charge in [0.15, 0.2) is 18.1 Å². The molecule has 3 amide bonds. The molecule has 0 heterocycles. The van der Waals surface area contributed by atoms with Crippen LogP contribution in [0.1, 0.15) is 31.8 Å². The van der Waals surface area contributed by atoms with Crippen LogP contribution in [0, 0.1) is 13.8 Å². The van der Waals surface area contributed by atoms with E-state index in [1.165, 1.54) is 25.3 Å². The molecular formula is C19H21N3O5. The van der Waals surface area contributed by atoms with Gasteiger partial charge in [-0.1, -0.05) is 17.7 Å². The van der Waals surface area contributed by atoms with E-state index >= 15 is 0 Å². The first-order valence-corrected chi connectivity index (χ1v) is 8.09. The fraction of sp³-hybridized carbons (Fsp3) is 0.211. The second kappa shape index (κ2) is 8.70. The number of nitrogens with two attached hydrogens (primary N) is 1. The van der Waals surface area contributed by atoms with Gasteiger partial charge in [0, 0.05) is 11.1 Å². The molecule has 0 saturated carbocycles. The number of nitrogens with one attached hydrogen (secondary N) is 2. The summed E-state index contributed by atoms with van der Waals surface area (Å²) in [6.07, 6.45) is 0. The van der Waals surface area contributed by atoms with E-state index in [9.17, 15) is 14.4 Å². The number of methoxy groups -OCH3 is 1. The average Bonchev–Trinajstić information content (AvgIpc) is 2.63. The van der Waals surface area contributed by atoms with Gasteiger partial charge in [-0.25, -0.2) is 0 Å². The van der Waals surface area contributed by atoms with Crippen LogP contribution in [-0.4, -0.2) is 31.4 Å². The molecule has 0 aliphatic rings. The van der Waals surface area contributed by atoms with Crippen molar-refractivity contribution in [1.29, 1.82) is 0 Å². The molecule has 0 atom stereocenters. The summed E-state index contributed by atoms with van der Waals surface area (Å²) in [4.78, 5) is 35.3. The minimum Gasteiger partial charge on any atom is -0.493 e. The Hall–Kier alpha value is -3.55. The summed E-state index contributed by atoms with van der Waals surface area (Å²) in [6, 6.07) is 9.76. The number of ether oxygens (including phenoxy) is 2. The van der Waals surface area contributed by atoms with Crippen molar-refractivity contribution in [3.05, 3.63) is 58.7 Å². The molecule has 142 valence electrons. The van der Waals surface area contributed by atoms with Gasteiger partial charge in [0.1, 0.15) is 0 Å². The molecule has 0 bridgehead atoms. The quantitative estimate of drug-likeness (QED) is 0.660. The van der Waals surface area contributed by atoms with Gasteiger partial charge in [-0.2, -0.15) is 0 Å². The highest BCUT2D eigenvalue weighted by molar-refractivity contribution is 6.00. The van der Waals surface area contributed by atoms with Crippen molar-refractivity contribution in [1.82, 2.24) is 10.9 Å². The largest absolute Gasteiger partial charge is 0.493 e. The Bertz CT molecular complexity index is 880. The fourth-order valence-corrected chi connectivity index (χ4v) is 2.40. The Kier molecular flexibility index (Phi) is 6.37. The summed E-state index contributed by atoms with van der Waals surface area (Å²) in [5.41, 5.74) is 12.3. The lowest BCUT2D eigenvalue weighted by atomic mass is 10.1. The molecule has 8 nitrogen and oxygen atoms in total. The molecule has 0 radical (unpaired) electrons. The van der Waals surface area contributed by atoms with Crippen LogP contribution < -0.4 is 26.1 Å². The molecule has 0 spiro atoms. The summed E-state index contributed by atoms with van der Waals surface area (Å²) in [5, 5.41) is 0. The zero-order valence-electron chi connectivity index (χ0n) is 15.3. The Morgan fingerprint density at radius 1 is 0.963 bits per heavy atom. The first-order valence-electron chi connectivity index (χ1n) is 8.09.